The highest BCUT2D eigenvalue weighted by Gasteiger charge is 2.16. The first-order chi connectivity index (χ1) is 9.24. The topological polar surface area (TPSA) is 47.0 Å². The van der Waals surface area contributed by atoms with Crippen LogP contribution in [0.2, 0.25) is 0 Å². The Labute approximate surface area is 119 Å². The first-order valence-corrected chi connectivity index (χ1v) is 7.17. The second kappa shape index (κ2) is 8.90. The van der Waals surface area contributed by atoms with Gasteiger partial charge in [0.1, 0.15) is 0 Å². The van der Waals surface area contributed by atoms with Gasteiger partial charge < -0.3 is 14.4 Å². The minimum Gasteiger partial charge on any atom is -0.354 e. The molecule has 0 saturated heterocycles. The molecule has 0 aliphatic rings. The molecular formula is C13H21N3O2S. The van der Waals surface area contributed by atoms with E-state index in [4.69, 9.17) is 9.47 Å². The molecule has 0 atom stereocenters. The molecule has 1 rings (SSSR count). The molecule has 0 aromatic carbocycles. The molecule has 0 fully saturated rings. The summed E-state index contributed by atoms with van der Waals surface area (Å²) < 4.78 is 10.5. The molecule has 0 amide bonds. The van der Waals surface area contributed by atoms with Gasteiger partial charge in [0.25, 0.3) is 0 Å². The summed E-state index contributed by atoms with van der Waals surface area (Å²) in [5.74, 6) is 0. The van der Waals surface area contributed by atoms with Crippen molar-refractivity contribution in [2.24, 2.45) is 4.99 Å². The minimum absolute atomic E-state index is 0.277. The molecule has 0 saturated carbocycles. The number of aromatic nitrogens is 1. The number of aliphatic imine (C=N–C) groups is 1. The zero-order valence-electron chi connectivity index (χ0n) is 11.9. The molecule has 0 N–H and O–H groups in total. The second-order valence-corrected chi connectivity index (χ2v) is 4.63. The molecule has 0 aliphatic heterocycles. The summed E-state index contributed by atoms with van der Waals surface area (Å²) >= 11 is 1.60. The Bertz CT molecular complexity index is 383. The Kier molecular flexibility index (Phi) is 7.47. The number of hydrogen-bond acceptors (Lipinski definition) is 5. The average Bonchev–Trinajstić information content (AvgIpc) is 2.46. The van der Waals surface area contributed by atoms with E-state index < -0.39 is 0 Å². The van der Waals surface area contributed by atoms with Crippen molar-refractivity contribution in [1.29, 1.82) is 0 Å². The summed E-state index contributed by atoms with van der Waals surface area (Å²) in [7, 11) is 5.06. The fourth-order valence-corrected chi connectivity index (χ4v) is 2.29. The van der Waals surface area contributed by atoms with Crippen molar-refractivity contribution >= 4 is 16.9 Å². The van der Waals surface area contributed by atoms with Gasteiger partial charge in [0.2, 0.25) is 0 Å². The van der Waals surface area contributed by atoms with Crippen LogP contribution in [0.1, 0.15) is 5.56 Å². The van der Waals surface area contributed by atoms with E-state index >= 15 is 0 Å². The number of pyridine rings is 1. The highest BCUT2D eigenvalue weighted by atomic mass is 32.2. The number of amidine groups is 1. The van der Waals surface area contributed by atoms with Gasteiger partial charge in [0, 0.05) is 40.2 Å². The molecule has 1 aromatic heterocycles. The van der Waals surface area contributed by atoms with Crippen molar-refractivity contribution in [2.45, 2.75) is 12.8 Å². The zero-order chi connectivity index (χ0) is 14.1. The monoisotopic (exact) mass is 283 g/mol. The number of methoxy groups -OCH3 is 2. The van der Waals surface area contributed by atoms with E-state index in [0.717, 1.165) is 17.3 Å². The molecule has 0 radical (unpaired) electrons. The summed E-state index contributed by atoms with van der Waals surface area (Å²) in [5.41, 5.74) is 1.13. The maximum absolute atomic E-state index is 5.26. The van der Waals surface area contributed by atoms with Crippen LogP contribution in [-0.2, 0) is 16.0 Å². The van der Waals surface area contributed by atoms with Crippen molar-refractivity contribution < 1.29 is 9.47 Å². The van der Waals surface area contributed by atoms with Crippen LogP contribution in [0.25, 0.3) is 0 Å². The zero-order valence-corrected chi connectivity index (χ0v) is 12.7. The van der Waals surface area contributed by atoms with Crippen molar-refractivity contribution in [2.75, 3.05) is 34.1 Å². The van der Waals surface area contributed by atoms with Crippen LogP contribution in [0.3, 0.4) is 0 Å². The van der Waals surface area contributed by atoms with E-state index in [9.17, 15) is 0 Å². The van der Waals surface area contributed by atoms with E-state index in [1.54, 1.807) is 39.2 Å². The molecule has 0 bridgehead atoms. The molecule has 19 heavy (non-hydrogen) atoms. The average molecular weight is 283 g/mol. The van der Waals surface area contributed by atoms with Gasteiger partial charge in [-0.05, 0) is 17.9 Å². The van der Waals surface area contributed by atoms with Crippen molar-refractivity contribution in [1.82, 2.24) is 9.88 Å². The third-order valence-corrected chi connectivity index (χ3v) is 3.44. The molecule has 1 heterocycles. The van der Waals surface area contributed by atoms with Crippen LogP contribution in [0.15, 0.2) is 29.5 Å². The second-order valence-electron chi connectivity index (χ2n) is 3.85. The summed E-state index contributed by atoms with van der Waals surface area (Å²) in [6.07, 6.45) is 5.35. The van der Waals surface area contributed by atoms with E-state index in [0.29, 0.717) is 6.54 Å². The van der Waals surface area contributed by atoms with Crippen LogP contribution in [0.4, 0.5) is 0 Å². The first-order valence-electron chi connectivity index (χ1n) is 5.95. The quantitative estimate of drug-likeness (QED) is 0.453. The highest BCUT2D eigenvalue weighted by Crippen LogP contribution is 2.12. The van der Waals surface area contributed by atoms with Crippen molar-refractivity contribution in [3.05, 3.63) is 30.1 Å². The minimum atomic E-state index is -0.277. The maximum Gasteiger partial charge on any atom is 0.174 e. The Morgan fingerprint density at radius 1 is 1.47 bits per heavy atom. The molecule has 0 aliphatic carbocycles. The fraction of sp³-hybridized carbons (Fsp3) is 0.538. The normalized spacial score (nSPS) is 11.9. The lowest BCUT2D eigenvalue weighted by atomic mass is 10.2. The van der Waals surface area contributed by atoms with Gasteiger partial charge in [-0.1, -0.05) is 17.8 Å². The molecular weight excluding hydrogens is 262 g/mol. The number of hydrogen-bond donors (Lipinski definition) is 0. The summed E-state index contributed by atoms with van der Waals surface area (Å²) in [6.45, 7) is 1.35. The lowest BCUT2D eigenvalue weighted by molar-refractivity contribution is -0.109. The molecule has 0 spiro atoms. The number of ether oxygens (including phenoxy) is 2. The van der Waals surface area contributed by atoms with Gasteiger partial charge in [-0.15, -0.1) is 0 Å². The van der Waals surface area contributed by atoms with E-state index in [-0.39, 0.29) is 6.29 Å². The smallest absolute Gasteiger partial charge is 0.174 e. The van der Waals surface area contributed by atoms with Crippen LogP contribution in [0.5, 0.6) is 0 Å². The van der Waals surface area contributed by atoms with Gasteiger partial charge in [0.15, 0.2) is 11.5 Å². The first kappa shape index (κ1) is 15.9. The van der Waals surface area contributed by atoms with E-state index in [1.807, 2.05) is 24.6 Å². The lowest BCUT2D eigenvalue weighted by Gasteiger charge is -2.28. The molecule has 1 aromatic rings. The van der Waals surface area contributed by atoms with Gasteiger partial charge in [-0.25, -0.2) is 0 Å². The van der Waals surface area contributed by atoms with Crippen LogP contribution < -0.4 is 0 Å². The molecule has 5 nitrogen and oxygen atoms in total. The van der Waals surface area contributed by atoms with Gasteiger partial charge >= 0.3 is 0 Å². The van der Waals surface area contributed by atoms with E-state index in [1.165, 1.54) is 0 Å². The molecule has 0 unspecified atom stereocenters. The van der Waals surface area contributed by atoms with Crippen LogP contribution in [0, 0.1) is 0 Å². The lowest BCUT2D eigenvalue weighted by Crippen LogP contribution is -2.37. The summed E-state index contributed by atoms with van der Waals surface area (Å²) in [5, 5.41) is 0.947. The Morgan fingerprint density at radius 2 is 2.21 bits per heavy atom. The standard InChI is InChI=1S/C13H21N3O2S/c1-14-13(19-4)16(10-12(17-2)18-3)9-11-6-5-7-15-8-11/h5-8,12H,9-10H2,1-4H3. The number of rotatable bonds is 6. The summed E-state index contributed by atoms with van der Waals surface area (Å²) in [4.78, 5) is 10.6. The predicted octanol–water partition coefficient (Wildman–Crippen LogP) is 1.85. The van der Waals surface area contributed by atoms with Gasteiger partial charge in [0.05, 0.1) is 6.54 Å². The Balaban J connectivity index is 2.80. The van der Waals surface area contributed by atoms with E-state index in [2.05, 4.69) is 14.9 Å². The highest BCUT2D eigenvalue weighted by molar-refractivity contribution is 8.13. The molecule has 6 heteroatoms. The maximum atomic E-state index is 5.26. The molecule has 106 valence electrons. The third-order valence-electron chi connectivity index (χ3n) is 2.64. The Hall–Kier alpha value is -1.11. The number of nitrogens with zero attached hydrogens (tertiary/aromatic N) is 3. The van der Waals surface area contributed by atoms with Crippen LogP contribution in [-0.4, -0.2) is 55.4 Å². The largest absolute Gasteiger partial charge is 0.354 e. The van der Waals surface area contributed by atoms with Crippen LogP contribution >= 0.6 is 11.8 Å². The number of thioether (sulfide) groups is 1. The van der Waals surface area contributed by atoms with Crippen molar-refractivity contribution in [3.8, 4) is 0 Å². The Morgan fingerprint density at radius 3 is 2.68 bits per heavy atom. The van der Waals surface area contributed by atoms with Crippen molar-refractivity contribution in [3.63, 3.8) is 0 Å². The SMILES string of the molecule is CN=C(SC)N(Cc1cccnc1)CC(OC)OC. The van der Waals surface area contributed by atoms with Gasteiger partial charge in [-0.3, -0.25) is 9.98 Å². The van der Waals surface area contributed by atoms with Gasteiger partial charge in [-0.2, -0.15) is 0 Å². The fourth-order valence-electron chi connectivity index (χ4n) is 1.71. The third kappa shape index (κ3) is 5.18. The summed E-state index contributed by atoms with van der Waals surface area (Å²) in [6, 6.07) is 3.97. The predicted molar refractivity (Wildman–Crippen MR) is 79.3 cm³/mol.